The van der Waals surface area contributed by atoms with E-state index >= 15 is 8.78 Å². The summed E-state index contributed by atoms with van der Waals surface area (Å²) in [5, 5.41) is 12.8. The number of aromatic nitrogens is 5. The molecule has 0 aliphatic carbocycles. The first-order chi connectivity index (χ1) is 20.6. The van der Waals surface area contributed by atoms with Gasteiger partial charge in [0.2, 0.25) is 5.95 Å². The van der Waals surface area contributed by atoms with Crippen LogP contribution in [0.5, 0.6) is 0 Å². The van der Waals surface area contributed by atoms with Gasteiger partial charge in [0.15, 0.2) is 11.6 Å². The lowest BCUT2D eigenvalue weighted by Crippen LogP contribution is -2.47. The third kappa shape index (κ3) is 6.39. The van der Waals surface area contributed by atoms with Crippen LogP contribution in [0.2, 0.25) is 0 Å². The summed E-state index contributed by atoms with van der Waals surface area (Å²) in [6, 6.07) is 7.56. The van der Waals surface area contributed by atoms with Gasteiger partial charge in [0.1, 0.15) is 22.9 Å². The summed E-state index contributed by atoms with van der Waals surface area (Å²) >= 11 is 0. The molecule has 3 aromatic heterocycles. The van der Waals surface area contributed by atoms with Gasteiger partial charge in [-0.15, -0.1) is 0 Å². The van der Waals surface area contributed by atoms with Crippen molar-refractivity contribution in [3.05, 3.63) is 59.2 Å². The Hall–Kier alpha value is -3.54. The average molecular weight is 591 g/mol. The Balaban J connectivity index is 1.18. The number of nitrogens with zero attached hydrogens (tertiary/aromatic N) is 7. The minimum atomic E-state index is -0.633. The third-order valence-corrected chi connectivity index (χ3v) is 8.48. The lowest BCUT2D eigenvalue weighted by molar-refractivity contribution is 0.0680. The summed E-state index contributed by atoms with van der Waals surface area (Å²) < 4.78 is 32.1. The molecule has 1 atom stereocenters. The van der Waals surface area contributed by atoms with E-state index in [0.29, 0.717) is 41.2 Å². The van der Waals surface area contributed by atoms with Crippen molar-refractivity contribution in [2.24, 2.45) is 5.92 Å². The van der Waals surface area contributed by atoms with Crippen LogP contribution in [-0.2, 0) is 19.5 Å². The molecule has 2 aliphatic rings. The zero-order valence-corrected chi connectivity index (χ0v) is 25.3. The number of rotatable bonds is 8. The normalized spacial score (nSPS) is 17.5. The number of piperidine rings is 1. The van der Waals surface area contributed by atoms with E-state index in [1.165, 1.54) is 11.6 Å². The molecule has 4 aromatic rings. The maximum Gasteiger partial charge on any atom is 0.229 e. The van der Waals surface area contributed by atoms with E-state index < -0.39 is 11.6 Å². The monoisotopic (exact) mass is 590 g/mol. The number of halogens is 2. The number of aryl methyl sites for hydroxylation is 1. The molecule has 2 aliphatic heterocycles. The van der Waals surface area contributed by atoms with Crippen molar-refractivity contribution in [3.8, 4) is 11.3 Å². The maximum absolute atomic E-state index is 15.1. The van der Waals surface area contributed by atoms with Crippen LogP contribution in [0.15, 0.2) is 30.5 Å². The highest BCUT2D eigenvalue weighted by molar-refractivity contribution is 5.83. The molecule has 6 rings (SSSR count). The number of benzene rings is 1. The number of hydrogen-bond donors (Lipinski definition) is 2. The first-order valence-corrected chi connectivity index (χ1v) is 15.2. The molecule has 5 heterocycles. The summed E-state index contributed by atoms with van der Waals surface area (Å²) in [4.78, 5) is 22.7. The van der Waals surface area contributed by atoms with Crippen LogP contribution in [0.3, 0.4) is 0 Å². The molecule has 0 saturated carbocycles. The number of pyridine rings is 1. The third-order valence-electron chi connectivity index (χ3n) is 8.48. The van der Waals surface area contributed by atoms with E-state index in [-0.39, 0.29) is 23.3 Å². The number of imidazole rings is 1. The summed E-state index contributed by atoms with van der Waals surface area (Å²) in [5.41, 5.74) is 3.48. The van der Waals surface area contributed by atoms with Gasteiger partial charge >= 0.3 is 0 Å². The van der Waals surface area contributed by atoms with E-state index in [9.17, 15) is 5.11 Å². The average Bonchev–Trinajstić information content (AvgIpc) is 3.28. The van der Waals surface area contributed by atoms with Crippen LogP contribution < -0.4 is 5.32 Å². The molecule has 9 nitrogen and oxygen atoms in total. The van der Waals surface area contributed by atoms with Crippen LogP contribution in [0, 0.1) is 24.5 Å². The van der Waals surface area contributed by atoms with Crippen molar-refractivity contribution < 1.29 is 13.9 Å². The molecule has 2 N–H and O–H groups in total. The molecule has 228 valence electrons. The number of nitrogens with one attached hydrogen (secondary N) is 1. The zero-order chi connectivity index (χ0) is 30.2. The number of fused-ring (bicyclic) bond motifs is 2. The highest BCUT2D eigenvalue weighted by Gasteiger charge is 2.28. The van der Waals surface area contributed by atoms with Crippen LogP contribution in [0.4, 0.5) is 20.5 Å². The van der Waals surface area contributed by atoms with E-state index in [4.69, 9.17) is 4.98 Å². The second-order valence-corrected chi connectivity index (χ2v) is 12.4. The van der Waals surface area contributed by atoms with Crippen molar-refractivity contribution >= 4 is 22.8 Å². The van der Waals surface area contributed by atoms with Crippen LogP contribution in [0.25, 0.3) is 22.3 Å². The molecule has 0 spiro atoms. The molecule has 0 radical (unpaired) electrons. The van der Waals surface area contributed by atoms with Crippen molar-refractivity contribution in [2.45, 2.75) is 72.2 Å². The van der Waals surface area contributed by atoms with Crippen molar-refractivity contribution in [1.29, 1.82) is 0 Å². The predicted octanol–water partition coefficient (Wildman–Crippen LogP) is 5.08. The maximum atomic E-state index is 15.1. The molecule has 0 amide bonds. The quantitative estimate of drug-likeness (QED) is 0.294. The Kier molecular flexibility index (Phi) is 8.39. The van der Waals surface area contributed by atoms with Crippen LogP contribution >= 0.6 is 0 Å². The Morgan fingerprint density at radius 3 is 2.53 bits per heavy atom. The minimum absolute atomic E-state index is 0.0151. The molecule has 1 unspecified atom stereocenters. The van der Waals surface area contributed by atoms with Crippen LogP contribution in [-0.4, -0.2) is 77.7 Å². The first kappa shape index (κ1) is 29.5. The smallest absolute Gasteiger partial charge is 0.229 e. The summed E-state index contributed by atoms with van der Waals surface area (Å²) in [6.45, 7) is 13.1. The largest absolute Gasteiger partial charge is 0.392 e. The van der Waals surface area contributed by atoms with Gasteiger partial charge in [-0.2, -0.15) is 0 Å². The Morgan fingerprint density at radius 2 is 1.79 bits per heavy atom. The zero-order valence-electron chi connectivity index (χ0n) is 25.3. The second kappa shape index (κ2) is 12.2. The highest BCUT2D eigenvalue weighted by Crippen LogP contribution is 2.30. The van der Waals surface area contributed by atoms with Gasteiger partial charge in [-0.05, 0) is 69.5 Å². The molecule has 0 bridgehead atoms. The van der Waals surface area contributed by atoms with Gasteiger partial charge < -0.3 is 19.9 Å². The van der Waals surface area contributed by atoms with Gasteiger partial charge in [-0.25, -0.2) is 28.7 Å². The predicted molar refractivity (Wildman–Crippen MR) is 163 cm³/mol. The Bertz CT molecular complexity index is 1610. The lowest BCUT2D eigenvalue weighted by Gasteiger charge is -2.40. The second-order valence-electron chi connectivity index (χ2n) is 12.4. The first-order valence-electron chi connectivity index (χ1n) is 15.2. The Morgan fingerprint density at radius 1 is 1.00 bits per heavy atom. The number of aliphatic hydroxyl groups is 1. The number of likely N-dealkylation sites (tertiary alicyclic amines) is 1. The topological polar surface area (TPSA) is 95.2 Å². The van der Waals surface area contributed by atoms with Gasteiger partial charge in [0, 0.05) is 49.9 Å². The summed E-state index contributed by atoms with van der Waals surface area (Å²) in [7, 11) is 0. The van der Waals surface area contributed by atoms with Gasteiger partial charge in [0.05, 0.1) is 17.8 Å². The molecule has 11 heteroatoms. The minimum Gasteiger partial charge on any atom is -0.392 e. The van der Waals surface area contributed by atoms with Crippen LogP contribution in [0.1, 0.15) is 50.7 Å². The van der Waals surface area contributed by atoms with Gasteiger partial charge in [0.25, 0.3) is 0 Å². The fraction of sp³-hybridized carbons (Fsp3) is 0.500. The van der Waals surface area contributed by atoms with E-state index in [1.807, 2.05) is 24.5 Å². The van der Waals surface area contributed by atoms with E-state index in [0.717, 1.165) is 63.9 Å². The highest BCUT2D eigenvalue weighted by atomic mass is 19.1. The number of β-amino-alcohol motifs (C(OH)–C–C–N with tert-alkyl or cyclic N) is 1. The fourth-order valence-electron chi connectivity index (χ4n) is 6.43. The molecule has 1 saturated heterocycles. The lowest BCUT2D eigenvalue weighted by atomic mass is 9.98. The summed E-state index contributed by atoms with van der Waals surface area (Å²) in [6.07, 6.45) is 3.87. The van der Waals surface area contributed by atoms with Crippen molar-refractivity contribution in [2.75, 3.05) is 31.5 Å². The number of aliphatic hydroxyl groups excluding tert-OH is 1. The molecular weight excluding hydrogens is 550 g/mol. The van der Waals surface area contributed by atoms with Gasteiger partial charge in [-0.3, -0.25) is 4.90 Å². The number of hydrogen-bond acceptors (Lipinski definition) is 8. The molecule has 1 fully saturated rings. The molecule has 43 heavy (non-hydrogen) atoms. The fourth-order valence-corrected chi connectivity index (χ4v) is 6.43. The number of anilines is 2. The van der Waals surface area contributed by atoms with Crippen molar-refractivity contribution in [3.63, 3.8) is 0 Å². The van der Waals surface area contributed by atoms with E-state index in [2.05, 4.69) is 50.0 Å². The molecule has 1 aromatic carbocycles. The molecular formula is C32H40F2N8O. The standard InChI is InChI=1S/C32H40F2N8O/c1-19(2)16-42-21(4)36-31-25(33)13-23(14-28(31)42)30-26(34)15-35-32(39-30)38-29-6-5-22-18-41(12-9-27(22)37-29)24-7-10-40(11-8-24)17-20(3)43/h5-6,13-15,19-20,24,43H,7-12,16-18H2,1-4H3,(H,35,37,38,39). The van der Waals surface area contributed by atoms with Crippen molar-refractivity contribution in [1.82, 2.24) is 34.3 Å². The summed E-state index contributed by atoms with van der Waals surface area (Å²) in [5.74, 6) is 0.680. The van der Waals surface area contributed by atoms with E-state index in [1.54, 1.807) is 6.07 Å². The van der Waals surface area contributed by atoms with Gasteiger partial charge in [-0.1, -0.05) is 19.9 Å². The SMILES string of the molecule is Cc1nc2c(F)cc(-c3nc(Nc4ccc5c(n4)CCN(C4CCN(CC(C)O)CC4)C5)ncc3F)cc2n1CC(C)C. The Labute approximate surface area is 251 Å².